The Morgan fingerprint density at radius 3 is 1.88 bits per heavy atom. The number of nitrogens with zero attached hydrogens (tertiary/aromatic N) is 2. The van der Waals surface area contributed by atoms with E-state index in [-0.39, 0.29) is 0 Å². The number of benzene rings is 3. The second-order valence-corrected chi connectivity index (χ2v) is 6.69. The zero-order valence-corrected chi connectivity index (χ0v) is 15.4. The quantitative estimate of drug-likeness (QED) is 0.439. The molecule has 0 aliphatic rings. The minimum Gasteiger partial charge on any atom is -0.237 e. The van der Waals surface area contributed by atoms with E-state index >= 15 is 0 Å². The van der Waals surface area contributed by atoms with Crippen LogP contribution in [0.5, 0.6) is 0 Å². The van der Waals surface area contributed by atoms with Crippen molar-refractivity contribution in [3.63, 3.8) is 0 Å². The number of aryl methyl sites for hydroxylation is 2. The summed E-state index contributed by atoms with van der Waals surface area (Å²) in [6.07, 6.45) is 0. The second-order valence-electron chi connectivity index (χ2n) is 6.69. The van der Waals surface area contributed by atoms with Crippen LogP contribution in [0, 0.1) is 20.8 Å². The first-order valence-corrected chi connectivity index (χ1v) is 8.93. The van der Waals surface area contributed by atoms with E-state index in [0.717, 1.165) is 11.4 Å². The molecule has 26 heavy (non-hydrogen) atoms. The van der Waals surface area contributed by atoms with E-state index in [1.54, 1.807) is 0 Å². The molecule has 1 aromatic heterocycles. The summed E-state index contributed by atoms with van der Waals surface area (Å²) >= 11 is 0. The number of hydrogen-bond acceptors (Lipinski definition) is 1. The van der Waals surface area contributed by atoms with E-state index < -0.39 is 0 Å². The highest BCUT2D eigenvalue weighted by Gasteiger charge is 2.15. The maximum absolute atomic E-state index is 4.81. The molecule has 0 N–H and O–H groups in total. The summed E-state index contributed by atoms with van der Waals surface area (Å²) < 4.78 is 2.06. The summed E-state index contributed by atoms with van der Waals surface area (Å²) in [5.41, 5.74) is 9.48. The topological polar surface area (TPSA) is 17.8 Å². The van der Waals surface area contributed by atoms with Crippen LogP contribution in [0.2, 0.25) is 0 Å². The Labute approximate surface area is 154 Å². The van der Waals surface area contributed by atoms with Crippen molar-refractivity contribution in [1.82, 2.24) is 9.78 Å². The first-order chi connectivity index (χ1) is 12.6. The molecule has 0 aliphatic heterocycles. The third kappa shape index (κ3) is 2.84. The average molecular weight is 338 g/mol. The minimum atomic E-state index is 1.05. The molecule has 0 saturated heterocycles. The first kappa shape index (κ1) is 16.3. The molecular formula is C24H22N2. The first-order valence-electron chi connectivity index (χ1n) is 8.93. The highest BCUT2D eigenvalue weighted by molar-refractivity contribution is 5.73. The Kier molecular flexibility index (Phi) is 4.18. The molecule has 0 unspecified atom stereocenters. The van der Waals surface area contributed by atoms with Gasteiger partial charge in [0.05, 0.1) is 11.4 Å². The van der Waals surface area contributed by atoms with Gasteiger partial charge in [0.1, 0.15) is 0 Å². The summed E-state index contributed by atoms with van der Waals surface area (Å²) in [6, 6.07) is 27.6. The zero-order valence-electron chi connectivity index (χ0n) is 15.4. The van der Waals surface area contributed by atoms with Crippen molar-refractivity contribution in [2.75, 3.05) is 0 Å². The molecular weight excluding hydrogens is 316 g/mol. The van der Waals surface area contributed by atoms with Gasteiger partial charge in [0.25, 0.3) is 0 Å². The fourth-order valence-electron chi connectivity index (χ4n) is 3.56. The molecule has 0 atom stereocenters. The highest BCUT2D eigenvalue weighted by Crippen LogP contribution is 2.31. The van der Waals surface area contributed by atoms with E-state index in [2.05, 4.69) is 98.2 Å². The Morgan fingerprint density at radius 1 is 0.615 bits per heavy atom. The van der Waals surface area contributed by atoms with Crippen LogP contribution in [0.25, 0.3) is 27.9 Å². The normalized spacial score (nSPS) is 10.9. The molecule has 0 bridgehead atoms. The lowest BCUT2D eigenvalue weighted by molar-refractivity contribution is 0.827. The summed E-state index contributed by atoms with van der Waals surface area (Å²) in [5, 5.41) is 4.81. The van der Waals surface area contributed by atoms with Crippen LogP contribution in [0.4, 0.5) is 0 Å². The van der Waals surface area contributed by atoms with E-state index in [4.69, 9.17) is 5.10 Å². The summed E-state index contributed by atoms with van der Waals surface area (Å²) in [4.78, 5) is 0. The Bertz CT molecular complexity index is 1040. The Morgan fingerprint density at radius 2 is 1.19 bits per heavy atom. The third-order valence-corrected chi connectivity index (χ3v) is 4.92. The van der Waals surface area contributed by atoms with Gasteiger partial charge in [-0.05, 0) is 49.1 Å². The smallest absolute Gasteiger partial charge is 0.0679 e. The zero-order chi connectivity index (χ0) is 18.1. The van der Waals surface area contributed by atoms with Crippen molar-refractivity contribution in [2.45, 2.75) is 20.8 Å². The van der Waals surface area contributed by atoms with E-state index in [1.807, 2.05) is 6.07 Å². The van der Waals surface area contributed by atoms with Crippen LogP contribution in [0.1, 0.15) is 17.0 Å². The van der Waals surface area contributed by atoms with Gasteiger partial charge in [0, 0.05) is 11.3 Å². The van der Waals surface area contributed by atoms with E-state index in [0.29, 0.717) is 0 Å². The molecule has 0 spiro atoms. The lowest BCUT2D eigenvalue weighted by Gasteiger charge is -2.09. The van der Waals surface area contributed by atoms with Gasteiger partial charge in [-0.2, -0.15) is 5.10 Å². The van der Waals surface area contributed by atoms with Crippen LogP contribution in [-0.4, -0.2) is 9.78 Å². The van der Waals surface area contributed by atoms with Crippen LogP contribution in [0.15, 0.2) is 78.9 Å². The second kappa shape index (κ2) is 6.64. The van der Waals surface area contributed by atoms with Gasteiger partial charge < -0.3 is 0 Å². The van der Waals surface area contributed by atoms with Gasteiger partial charge in [-0.25, -0.2) is 4.68 Å². The Balaban J connectivity index is 1.76. The van der Waals surface area contributed by atoms with Crippen LogP contribution in [0.3, 0.4) is 0 Å². The van der Waals surface area contributed by atoms with Crippen molar-refractivity contribution in [2.24, 2.45) is 0 Å². The lowest BCUT2D eigenvalue weighted by Crippen LogP contribution is -2.01. The largest absolute Gasteiger partial charge is 0.237 e. The monoisotopic (exact) mass is 338 g/mol. The standard InChI is InChI=1S/C24H22N2/c1-17-9-7-8-12-23(17)26-19(3)24(18(2)25-26)22-15-13-21(14-16-22)20-10-5-4-6-11-20/h4-16H,1-3H3. The summed E-state index contributed by atoms with van der Waals surface area (Å²) in [5.74, 6) is 0. The number of para-hydroxylation sites is 1. The van der Waals surface area contributed by atoms with Gasteiger partial charge in [-0.1, -0.05) is 72.8 Å². The third-order valence-electron chi connectivity index (χ3n) is 4.92. The predicted molar refractivity (Wildman–Crippen MR) is 109 cm³/mol. The van der Waals surface area contributed by atoms with E-state index in [1.165, 1.54) is 33.5 Å². The van der Waals surface area contributed by atoms with Gasteiger partial charge >= 0.3 is 0 Å². The van der Waals surface area contributed by atoms with Crippen LogP contribution >= 0.6 is 0 Å². The van der Waals surface area contributed by atoms with Crippen molar-refractivity contribution in [3.8, 4) is 27.9 Å². The Hall–Kier alpha value is -3.13. The average Bonchev–Trinajstić information content (AvgIpc) is 2.97. The molecule has 4 aromatic rings. The SMILES string of the molecule is Cc1ccccc1-n1nc(C)c(-c2ccc(-c3ccccc3)cc2)c1C. The summed E-state index contributed by atoms with van der Waals surface area (Å²) in [7, 11) is 0. The van der Waals surface area contributed by atoms with Gasteiger partial charge in [0.15, 0.2) is 0 Å². The molecule has 0 aliphatic carbocycles. The molecule has 0 saturated carbocycles. The van der Waals surface area contributed by atoms with Gasteiger partial charge in [-0.3, -0.25) is 0 Å². The molecule has 0 amide bonds. The highest BCUT2D eigenvalue weighted by atomic mass is 15.3. The minimum absolute atomic E-state index is 1.05. The number of hydrogen-bond donors (Lipinski definition) is 0. The van der Waals surface area contributed by atoms with Crippen molar-refractivity contribution < 1.29 is 0 Å². The molecule has 2 heteroatoms. The van der Waals surface area contributed by atoms with Gasteiger partial charge in [0.2, 0.25) is 0 Å². The molecule has 128 valence electrons. The van der Waals surface area contributed by atoms with Crippen molar-refractivity contribution in [3.05, 3.63) is 95.8 Å². The predicted octanol–water partition coefficient (Wildman–Crippen LogP) is 6.13. The van der Waals surface area contributed by atoms with Crippen LogP contribution < -0.4 is 0 Å². The molecule has 3 aromatic carbocycles. The lowest BCUT2D eigenvalue weighted by atomic mass is 9.99. The molecule has 2 nitrogen and oxygen atoms in total. The molecule has 0 radical (unpaired) electrons. The van der Waals surface area contributed by atoms with Crippen LogP contribution in [-0.2, 0) is 0 Å². The maximum Gasteiger partial charge on any atom is 0.0679 e. The van der Waals surface area contributed by atoms with Gasteiger partial charge in [-0.15, -0.1) is 0 Å². The maximum atomic E-state index is 4.81. The van der Waals surface area contributed by atoms with Crippen molar-refractivity contribution in [1.29, 1.82) is 0 Å². The fraction of sp³-hybridized carbons (Fsp3) is 0.125. The number of rotatable bonds is 3. The number of aromatic nitrogens is 2. The fourth-order valence-corrected chi connectivity index (χ4v) is 3.56. The van der Waals surface area contributed by atoms with Crippen molar-refractivity contribution >= 4 is 0 Å². The molecule has 1 heterocycles. The summed E-state index contributed by atoms with van der Waals surface area (Å²) in [6.45, 7) is 6.36. The van der Waals surface area contributed by atoms with E-state index in [9.17, 15) is 0 Å². The molecule has 4 rings (SSSR count). The molecule has 0 fully saturated rings.